The Morgan fingerprint density at radius 3 is 3.05 bits per heavy atom. The third-order valence-electron chi connectivity index (χ3n) is 4.73. The highest BCUT2D eigenvalue weighted by Gasteiger charge is 2.41. The van der Waals surface area contributed by atoms with E-state index in [-0.39, 0.29) is 12.0 Å². The highest BCUT2D eigenvalue weighted by atomic mass is 15.1. The summed E-state index contributed by atoms with van der Waals surface area (Å²) >= 11 is 0. The summed E-state index contributed by atoms with van der Waals surface area (Å²) in [7, 11) is 2.15. The van der Waals surface area contributed by atoms with Gasteiger partial charge in [-0.25, -0.2) is 0 Å². The Bertz CT molecular complexity index is 678. The fourth-order valence-corrected chi connectivity index (χ4v) is 3.78. The van der Waals surface area contributed by atoms with Crippen LogP contribution in [0.15, 0.2) is 47.1 Å². The fraction of sp³-hybridized carbons (Fsp3) is 0.353. The zero-order chi connectivity index (χ0) is 13.7. The number of likely N-dealkylation sites (N-methyl/N-ethyl adjacent to an activating group) is 1. The van der Waals surface area contributed by atoms with Gasteiger partial charge in [-0.2, -0.15) is 5.26 Å². The van der Waals surface area contributed by atoms with Crippen molar-refractivity contribution < 1.29 is 0 Å². The van der Waals surface area contributed by atoms with Crippen LogP contribution in [0.4, 0.5) is 5.69 Å². The van der Waals surface area contributed by atoms with Crippen molar-refractivity contribution in [2.45, 2.75) is 18.4 Å². The summed E-state index contributed by atoms with van der Waals surface area (Å²) in [5.74, 6) is 0.207. The summed E-state index contributed by atoms with van der Waals surface area (Å²) in [6.07, 6.45) is 3.24. The first kappa shape index (κ1) is 11.7. The van der Waals surface area contributed by atoms with Gasteiger partial charge in [-0.05, 0) is 42.3 Å². The normalized spacial score (nSPS) is 27.9. The SMILES string of the molecule is CN1CCC2=C(C=C(C#N)C3c4ccccc4NC23)C1. The van der Waals surface area contributed by atoms with E-state index in [1.165, 1.54) is 22.4 Å². The lowest BCUT2D eigenvalue weighted by atomic mass is 9.76. The lowest BCUT2D eigenvalue weighted by Gasteiger charge is -2.35. The average molecular weight is 263 g/mol. The smallest absolute Gasteiger partial charge is 0.0954 e. The first-order valence-corrected chi connectivity index (χ1v) is 7.15. The first-order valence-electron chi connectivity index (χ1n) is 7.15. The second-order valence-corrected chi connectivity index (χ2v) is 5.94. The Balaban J connectivity index is 1.85. The molecule has 0 spiro atoms. The molecule has 2 heterocycles. The van der Waals surface area contributed by atoms with Gasteiger partial charge in [-0.15, -0.1) is 0 Å². The number of benzene rings is 1. The minimum Gasteiger partial charge on any atom is -0.377 e. The number of nitrogens with one attached hydrogen (secondary N) is 1. The fourth-order valence-electron chi connectivity index (χ4n) is 3.78. The second-order valence-electron chi connectivity index (χ2n) is 5.94. The number of anilines is 1. The Hall–Kier alpha value is -2.05. The lowest BCUT2D eigenvalue weighted by molar-refractivity contribution is 0.343. The summed E-state index contributed by atoms with van der Waals surface area (Å²) in [5.41, 5.74) is 6.22. The van der Waals surface area contributed by atoms with E-state index < -0.39 is 0 Å². The molecule has 0 saturated carbocycles. The summed E-state index contributed by atoms with van der Waals surface area (Å²) in [6, 6.07) is 11.1. The molecular formula is C17H17N3. The van der Waals surface area contributed by atoms with Gasteiger partial charge < -0.3 is 10.2 Å². The lowest BCUT2D eigenvalue weighted by Crippen LogP contribution is -2.36. The molecule has 0 radical (unpaired) electrons. The topological polar surface area (TPSA) is 39.1 Å². The van der Waals surface area contributed by atoms with Gasteiger partial charge >= 0.3 is 0 Å². The summed E-state index contributed by atoms with van der Waals surface area (Å²) in [6.45, 7) is 2.07. The molecule has 0 saturated heterocycles. The van der Waals surface area contributed by atoms with Crippen molar-refractivity contribution in [1.29, 1.82) is 5.26 Å². The number of para-hydroxylation sites is 1. The molecule has 3 nitrogen and oxygen atoms in total. The van der Waals surface area contributed by atoms with Crippen LogP contribution in [0.1, 0.15) is 17.9 Å². The van der Waals surface area contributed by atoms with Crippen molar-refractivity contribution in [2.75, 3.05) is 25.5 Å². The van der Waals surface area contributed by atoms with E-state index in [9.17, 15) is 5.26 Å². The predicted octanol–water partition coefficient (Wildman–Crippen LogP) is 2.66. The van der Waals surface area contributed by atoms with Gasteiger partial charge in [0.2, 0.25) is 0 Å². The molecule has 100 valence electrons. The maximum absolute atomic E-state index is 9.54. The molecule has 20 heavy (non-hydrogen) atoms. The number of rotatable bonds is 0. The molecular weight excluding hydrogens is 246 g/mol. The summed E-state index contributed by atoms with van der Waals surface area (Å²) in [5, 5.41) is 13.2. The largest absolute Gasteiger partial charge is 0.377 e. The molecule has 0 amide bonds. The maximum Gasteiger partial charge on any atom is 0.0954 e. The Kier molecular flexibility index (Phi) is 2.48. The quantitative estimate of drug-likeness (QED) is 0.782. The van der Waals surface area contributed by atoms with Crippen molar-refractivity contribution in [3.8, 4) is 6.07 Å². The molecule has 4 rings (SSSR count). The molecule has 0 aromatic heterocycles. The van der Waals surface area contributed by atoms with E-state index in [1.54, 1.807) is 0 Å². The second kappa shape index (κ2) is 4.22. The van der Waals surface area contributed by atoms with Gasteiger partial charge in [0.25, 0.3) is 0 Å². The molecule has 1 N–H and O–H groups in total. The number of hydrogen-bond acceptors (Lipinski definition) is 3. The van der Waals surface area contributed by atoms with E-state index in [1.807, 2.05) is 0 Å². The maximum atomic E-state index is 9.54. The third-order valence-corrected chi connectivity index (χ3v) is 4.73. The van der Waals surface area contributed by atoms with Crippen LogP contribution < -0.4 is 5.32 Å². The van der Waals surface area contributed by atoms with E-state index in [0.29, 0.717) is 0 Å². The van der Waals surface area contributed by atoms with Crippen LogP contribution in [-0.2, 0) is 0 Å². The molecule has 3 aliphatic rings. The number of hydrogen-bond donors (Lipinski definition) is 1. The summed E-state index contributed by atoms with van der Waals surface area (Å²) in [4.78, 5) is 2.33. The zero-order valence-corrected chi connectivity index (χ0v) is 11.6. The van der Waals surface area contributed by atoms with E-state index in [0.717, 1.165) is 25.1 Å². The zero-order valence-electron chi connectivity index (χ0n) is 11.6. The number of fused-ring (bicyclic) bond motifs is 4. The molecule has 2 aliphatic heterocycles. The van der Waals surface area contributed by atoms with Gasteiger partial charge in [-0.1, -0.05) is 18.2 Å². The molecule has 0 bridgehead atoms. The predicted molar refractivity (Wildman–Crippen MR) is 79.4 cm³/mol. The molecule has 1 aromatic carbocycles. The first-order chi connectivity index (χ1) is 9.78. The van der Waals surface area contributed by atoms with Crippen molar-refractivity contribution in [3.63, 3.8) is 0 Å². The van der Waals surface area contributed by atoms with Crippen molar-refractivity contribution in [1.82, 2.24) is 4.90 Å². The molecule has 2 unspecified atom stereocenters. The standard InChI is InChI=1S/C17H17N3/c1-20-7-6-13-12(10-20)8-11(9-18)16-14-4-2-3-5-15(14)19-17(13)16/h2-5,8,16-17,19H,6-7,10H2,1H3. The average Bonchev–Trinajstić information content (AvgIpc) is 2.85. The van der Waals surface area contributed by atoms with Crippen LogP contribution in [0.5, 0.6) is 0 Å². The minimum absolute atomic E-state index is 0.207. The molecule has 3 heteroatoms. The van der Waals surface area contributed by atoms with Crippen LogP contribution in [0.25, 0.3) is 0 Å². The van der Waals surface area contributed by atoms with Crippen LogP contribution in [-0.4, -0.2) is 31.1 Å². The Labute approximate surface area is 119 Å². The number of nitrogens with zero attached hydrogens (tertiary/aromatic N) is 2. The van der Waals surface area contributed by atoms with Crippen molar-refractivity contribution in [3.05, 3.63) is 52.6 Å². The molecule has 0 fully saturated rings. The highest BCUT2D eigenvalue weighted by molar-refractivity contribution is 5.68. The third kappa shape index (κ3) is 1.55. The molecule has 1 aliphatic carbocycles. The Morgan fingerprint density at radius 2 is 2.20 bits per heavy atom. The van der Waals surface area contributed by atoms with Gasteiger partial charge in [0, 0.05) is 30.3 Å². The van der Waals surface area contributed by atoms with Crippen molar-refractivity contribution in [2.24, 2.45) is 0 Å². The van der Waals surface area contributed by atoms with Gasteiger partial charge in [-0.3, -0.25) is 0 Å². The van der Waals surface area contributed by atoms with Gasteiger partial charge in [0.1, 0.15) is 0 Å². The van der Waals surface area contributed by atoms with Crippen molar-refractivity contribution >= 4 is 5.69 Å². The van der Waals surface area contributed by atoms with E-state index >= 15 is 0 Å². The van der Waals surface area contributed by atoms with Crippen LogP contribution in [0.3, 0.4) is 0 Å². The highest BCUT2D eigenvalue weighted by Crippen LogP contribution is 2.47. The minimum atomic E-state index is 0.207. The van der Waals surface area contributed by atoms with Crippen LogP contribution in [0.2, 0.25) is 0 Å². The van der Waals surface area contributed by atoms with E-state index in [2.05, 4.69) is 53.7 Å². The summed E-state index contributed by atoms with van der Waals surface area (Å²) < 4.78 is 0. The molecule has 2 atom stereocenters. The van der Waals surface area contributed by atoms with Crippen LogP contribution >= 0.6 is 0 Å². The molecule has 1 aromatic rings. The van der Waals surface area contributed by atoms with Gasteiger partial charge in [0.05, 0.1) is 12.1 Å². The van der Waals surface area contributed by atoms with E-state index in [4.69, 9.17) is 0 Å². The van der Waals surface area contributed by atoms with Crippen LogP contribution in [0, 0.1) is 11.3 Å². The monoisotopic (exact) mass is 263 g/mol. The Morgan fingerprint density at radius 1 is 1.35 bits per heavy atom. The van der Waals surface area contributed by atoms with Gasteiger partial charge in [0.15, 0.2) is 0 Å². The number of nitriles is 1.